The largest absolute Gasteiger partial charge is 0.317 e. The first-order chi connectivity index (χ1) is 6.84. The van der Waals surface area contributed by atoms with E-state index in [2.05, 4.69) is 15.4 Å². The molecular weight excluding hydrogens is 176 g/mol. The van der Waals surface area contributed by atoms with Crippen LogP contribution in [-0.2, 0) is 13.5 Å². The van der Waals surface area contributed by atoms with Crippen LogP contribution in [0.4, 0.5) is 0 Å². The molecule has 78 valence electrons. The molecule has 1 N–H and O–H groups in total. The maximum Gasteiger partial charge on any atom is 0.150 e. The predicted molar refractivity (Wildman–Crippen MR) is 54.9 cm³/mol. The number of aryl methyl sites for hydroxylation is 2. The molecule has 14 heavy (non-hydrogen) atoms. The van der Waals surface area contributed by atoms with Gasteiger partial charge in [0, 0.05) is 13.5 Å². The first-order valence-electron chi connectivity index (χ1n) is 5.40. The maximum absolute atomic E-state index is 4.29. The third-order valence-electron chi connectivity index (χ3n) is 2.88. The topological polar surface area (TPSA) is 42.7 Å². The summed E-state index contributed by atoms with van der Waals surface area (Å²) in [5, 5.41) is 7.67. The van der Waals surface area contributed by atoms with Gasteiger partial charge in [0.2, 0.25) is 0 Å². The van der Waals surface area contributed by atoms with Crippen LogP contribution < -0.4 is 5.32 Å². The van der Waals surface area contributed by atoms with Crippen molar-refractivity contribution >= 4 is 0 Å². The number of rotatable bonds is 3. The van der Waals surface area contributed by atoms with Gasteiger partial charge >= 0.3 is 0 Å². The number of nitrogens with zero attached hydrogens (tertiary/aromatic N) is 3. The van der Waals surface area contributed by atoms with E-state index in [9.17, 15) is 0 Å². The molecule has 0 radical (unpaired) electrons. The molecule has 2 heterocycles. The first-order valence-corrected chi connectivity index (χ1v) is 5.40. The Morgan fingerprint density at radius 1 is 1.50 bits per heavy atom. The molecular formula is C10H18N4. The van der Waals surface area contributed by atoms with Gasteiger partial charge in [-0.1, -0.05) is 0 Å². The molecule has 1 aromatic heterocycles. The summed E-state index contributed by atoms with van der Waals surface area (Å²) in [6, 6.07) is 0. The highest BCUT2D eigenvalue weighted by Crippen LogP contribution is 2.17. The molecule has 0 aromatic carbocycles. The van der Waals surface area contributed by atoms with Crippen LogP contribution in [0.3, 0.4) is 0 Å². The first kappa shape index (κ1) is 9.65. The highest BCUT2D eigenvalue weighted by Gasteiger charge is 2.13. The minimum absolute atomic E-state index is 0.875. The van der Waals surface area contributed by atoms with E-state index in [0.717, 1.165) is 18.2 Å². The number of piperidine rings is 1. The lowest BCUT2D eigenvalue weighted by Crippen LogP contribution is -2.27. The molecule has 0 amide bonds. The van der Waals surface area contributed by atoms with E-state index >= 15 is 0 Å². The van der Waals surface area contributed by atoms with Gasteiger partial charge < -0.3 is 5.32 Å². The van der Waals surface area contributed by atoms with Crippen molar-refractivity contribution in [2.24, 2.45) is 13.0 Å². The number of aromatic nitrogens is 3. The minimum Gasteiger partial charge on any atom is -0.317 e. The second kappa shape index (κ2) is 4.55. The molecule has 4 heteroatoms. The van der Waals surface area contributed by atoms with Gasteiger partial charge in [0.15, 0.2) is 5.82 Å². The van der Waals surface area contributed by atoms with E-state index < -0.39 is 0 Å². The normalized spacial score (nSPS) is 18.6. The van der Waals surface area contributed by atoms with E-state index in [1.54, 1.807) is 11.0 Å². The summed E-state index contributed by atoms with van der Waals surface area (Å²) in [6.07, 6.45) is 6.68. The second-order valence-corrected chi connectivity index (χ2v) is 4.07. The van der Waals surface area contributed by atoms with Gasteiger partial charge in [0.05, 0.1) is 0 Å². The quantitative estimate of drug-likeness (QED) is 0.772. The van der Waals surface area contributed by atoms with E-state index in [1.807, 2.05) is 7.05 Å². The zero-order chi connectivity index (χ0) is 9.80. The Morgan fingerprint density at radius 3 is 2.93 bits per heavy atom. The molecule has 0 atom stereocenters. The van der Waals surface area contributed by atoms with Crippen LogP contribution in [0.5, 0.6) is 0 Å². The van der Waals surface area contributed by atoms with Crippen molar-refractivity contribution in [1.82, 2.24) is 20.1 Å². The minimum atomic E-state index is 0.875. The van der Waals surface area contributed by atoms with Crippen molar-refractivity contribution in [2.75, 3.05) is 13.1 Å². The molecule has 1 aromatic rings. The van der Waals surface area contributed by atoms with Crippen molar-refractivity contribution in [3.8, 4) is 0 Å². The monoisotopic (exact) mass is 194 g/mol. The summed E-state index contributed by atoms with van der Waals surface area (Å²) in [7, 11) is 1.92. The Labute approximate surface area is 84.7 Å². The van der Waals surface area contributed by atoms with Crippen LogP contribution in [-0.4, -0.2) is 27.9 Å². The second-order valence-electron chi connectivity index (χ2n) is 4.07. The lowest BCUT2D eigenvalue weighted by Gasteiger charge is -2.21. The molecule has 0 saturated carbocycles. The Bertz CT molecular complexity index is 275. The van der Waals surface area contributed by atoms with Crippen LogP contribution >= 0.6 is 0 Å². The third-order valence-corrected chi connectivity index (χ3v) is 2.88. The van der Waals surface area contributed by atoms with Crippen LogP contribution in [0.25, 0.3) is 0 Å². The van der Waals surface area contributed by atoms with Gasteiger partial charge in [-0.2, -0.15) is 5.10 Å². The summed E-state index contributed by atoms with van der Waals surface area (Å²) in [4.78, 5) is 4.24. The van der Waals surface area contributed by atoms with Gasteiger partial charge in [-0.3, -0.25) is 4.68 Å². The summed E-state index contributed by atoms with van der Waals surface area (Å²) < 4.78 is 1.78. The van der Waals surface area contributed by atoms with E-state index in [-0.39, 0.29) is 0 Å². The van der Waals surface area contributed by atoms with Crippen LogP contribution in [0, 0.1) is 5.92 Å². The average Bonchev–Trinajstić information content (AvgIpc) is 2.63. The van der Waals surface area contributed by atoms with Gasteiger partial charge in [-0.15, -0.1) is 0 Å². The van der Waals surface area contributed by atoms with Crippen molar-refractivity contribution in [1.29, 1.82) is 0 Å². The Morgan fingerprint density at radius 2 is 2.29 bits per heavy atom. The van der Waals surface area contributed by atoms with Crippen molar-refractivity contribution < 1.29 is 0 Å². The summed E-state index contributed by atoms with van der Waals surface area (Å²) in [6.45, 7) is 2.36. The fourth-order valence-electron chi connectivity index (χ4n) is 2.00. The zero-order valence-corrected chi connectivity index (χ0v) is 8.74. The molecule has 1 aliphatic rings. The fraction of sp³-hybridized carbons (Fsp3) is 0.800. The molecule has 1 aliphatic heterocycles. The lowest BCUT2D eigenvalue weighted by molar-refractivity contribution is 0.352. The highest BCUT2D eigenvalue weighted by molar-refractivity contribution is 4.83. The fourth-order valence-corrected chi connectivity index (χ4v) is 2.00. The van der Waals surface area contributed by atoms with Crippen molar-refractivity contribution in [3.63, 3.8) is 0 Å². The smallest absolute Gasteiger partial charge is 0.150 e. The van der Waals surface area contributed by atoms with Gasteiger partial charge in [0.1, 0.15) is 6.33 Å². The van der Waals surface area contributed by atoms with Gasteiger partial charge in [-0.05, 0) is 38.3 Å². The third kappa shape index (κ3) is 2.54. The van der Waals surface area contributed by atoms with Crippen molar-refractivity contribution in [3.05, 3.63) is 12.2 Å². The predicted octanol–water partition coefficient (Wildman–Crippen LogP) is 0.747. The molecule has 4 nitrogen and oxygen atoms in total. The number of nitrogens with one attached hydrogen (secondary N) is 1. The molecule has 0 bridgehead atoms. The zero-order valence-electron chi connectivity index (χ0n) is 8.74. The number of hydrogen-bond donors (Lipinski definition) is 1. The molecule has 2 rings (SSSR count). The molecule has 1 saturated heterocycles. The molecule has 1 fully saturated rings. The Hall–Kier alpha value is -0.900. The van der Waals surface area contributed by atoms with E-state index in [0.29, 0.717) is 0 Å². The summed E-state index contributed by atoms with van der Waals surface area (Å²) >= 11 is 0. The Balaban J connectivity index is 1.76. The van der Waals surface area contributed by atoms with Crippen LogP contribution in [0.2, 0.25) is 0 Å². The van der Waals surface area contributed by atoms with Crippen LogP contribution in [0.15, 0.2) is 6.33 Å². The SMILES string of the molecule is Cn1cnc(CCC2CCNCC2)n1. The summed E-state index contributed by atoms with van der Waals surface area (Å²) in [5.41, 5.74) is 0. The average molecular weight is 194 g/mol. The van der Waals surface area contributed by atoms with E-state index in [1.165, 1.54) is 32.4 Å². The molecule has 0 spiro atoms. The molecule has 0 aliphatic carbocycles. The van der Waals surface area contributed by atoms with Gasteiger partial charge in [0.25, 0.3) is 0 Å². The number of hydrogen-bond acceptors (Lipinski definition) is 3. The lowest BCUT2D eigenvalue weighted by atomic mass is 9.93. The van der Waals surface area contributed by atoms with Gasteiger partial charge in [-0.25, -0.2) is 4.98 Å². The van der Waals surface area contributed by atoms with E-state index in [4.69, 9.17) is 0 Å². The highest BCUT2D eigenvalue weighted by atomic mass is 15.3. The molecule has 0 unspecified atom stereocenters. The van der Waals surface area contributed by atoms with Crippen LogP contribution in [0.1, 0.15) is 25.1 Å². The Kier molecular flexibility index (Phi) is 3.14. The standard InChI is InChI=1S/C10H18N4/c1-14-8-12-10(13-14)3-2-9-4-6-11-7-5-9/h8-9,11H,2-7H2,1H3. The summed E-state index contributed by atoms with van der Waals surface area (Å²) in [5.74, 6) is 1.87. The maximum atomic E-state index is 4.29. The van der Waals surface area contributed by atoms with Crippen molar-refractivity contribution in [2.45, 2.75) is 25.7 Å².